The zero-order chi connectivity index (χ0) is 35.1. The van der Waals surface area contributed by atoms with Crippen molar-refractivity contribution in [2.24, 2.45) is 0 Å². The Morgan fingerprint density at radius 1 is 0.491 bits per heavy atom. The van der Waals surface area contributed by atoms with Gasteiger partial charge in [0.2, 0.25) is 0 Å². The summed E-state index contributed by atoms with van der Waals surface area (Å²) < 4.78 is 18.0. The van der Waals surface area contributed by atoms with Crippen LogP contribution in [0.3, 0.4) is 0 Å². The smallest absolute Gasteiger partial charge is 0.172 e. The number of hydrogen-bond acceptors (Lipinski definition) is 3. The van der Waals surface area contributed by atoms with Crippen LogP contribution >= 0.6 is 7.14 Å². The molecule has 8 aromatic carbocycles. The van der Waals surface area contributed by atoms with Gasteiger partial charge in [0.25, 0.3) is 0 Å². The molecule has 1 atom stereocenters. The van der Waals surface area contributed by atoms with E-state index in [1.807, 2.05) is 60.7 Å². The van der Waals surface area contributed by atoms with Crippen molar-refractivity contribution in [3.63, 3.8) is 0 Å². The summed E-state index contributed by atoms with van der Waals surface area (Å²) in [4.78, 5) is 10.2. The maximum absolute atomic E-state index is 15.7. The highest BCUT2D eigenvalue weighted by Crippen LogP contribution is 2.55. The molecule has 4 nitrogen and oxygen atoms in total. The van der Waals surface area contributed by atoms with Gasteiger partial charge in [0.1, 0.15) is 0 Å². The van der Waals surface area contributed by atoms with Crippen molar-refractivity contribution in [3.05, 3.63) is 182 Å². The molecular weight excluding hydrogens is 666 g/mol. The summed E-state index contributed by atoms with van der Waals surface area (Å²) in [5, 5.41) is 8.24. The third kappa shape index (κ3) is 4.40. The van der Waals surface area contributed by atoms with E-state index in [2.05, 4.69) is 126 Å². The largest absolute Gasteiger partial charge is 0.309 e. The van der Waals surface area contributed by atoms with E-state index in [0.29, 0.717) is 5.82 Å². The number of aromatic nitrogens is 3. The fourth-order valence-corrected chi connectivity index (χ4v) is 11.7. The molecule has 0 spiro atoms. The fraction of sp³-hybridized carbons (Fsp3) is 0. The summed E-state index contributed by atoms with van der Waals surface area (Å²) in [6.45, 7) is 0. The zero-order valence-corrected chi connectivity index (χ0v) is 29.4. The SMILES string of the molecule is O=P1(c2ccccc2)c2ccccc2-c2ccc3c(c21)c1ccccc1n3-c1ccc(-c2nc(-c3ccc4ccccc4c3)c3ccccc3n2)cc1. The van der Waals surface area contributed by atoms with Crippen LogP contribution < -0.4 is 15.9 Å². The maximum Gasteiger partial charge on any atom is 0.172 e. The third-order valence-electron chi connectivity index (χ3n) is 10.8. The minimum atomic E-state index is -3.17. The quantitative estimate of drug-likeness (QED) is 0.172. The van der Waals surface area contributed by atoms with Gasteiger partial charge in [0.05, 0.1) is 22.2 Å². The first kappa shape index (κ1) is 30.1. The Morgan fingerprint density at radius 3 is 2.06 bits per heavy atom. The molecular formula is C48H30N3OP. The summed E-state index contributed by atoms with van der Waals surface area (Å²) in [6.07, 6.45) is 0. The Morgan fingerprint density at radius 2 is 1.19 bits per heavy atom. The Bertz CT molecular complexity index is 3150. The highest BCUT2D eigenvalue weighted by atomic mass is 31.2. The molecule has 248 valence electrons. The number of hydrogen-bond donors (Lipinski definition) is 0. The Balaban J connectivity index is 1.09. The molecule has 0 bridgehead atoms. The fourth-order valence-electron chi connectivity index (χ4n) is 8.39. The molecule has 0 N–H and O–H groups in total. The van der Waals surface area contributed by atoms with Crippen LogP contribution in [0.15, 0.2) is 182 Å². The van der Waals surface area contributed by atoms with E-state index in [1.54, 1.807) is 0 Å². The molecule has 0 saturated heterocycles. The van der Waals surface area contributed by atoms with Crippen molar-refractivity contribution in [2.75, 3.05) is 0 Å². The first-order chi connectivity index (χ1) is 26.2. The van der Waals surface area contributed by atoms with Crippen LogP contribution in [0.5, 0.6) is 0 Å². The Hall–Kier alpha value is -6.61. The molecule has 0 saturated carbocycles. The molecule has 1 unspecified atom stereocenters. The lowest BCUT2D eigenvalue weighted by Gasteiger charge is -2.17. The van der Waals surface area contributed by atoms with E-state index in [-0.39, 0.29) is 0 Å². The summed E-state index contributed by atoms with van der Waals surface area (Å²) >= 11 is 0. The zero-order valence-electron chi connectivity index (χ0n) is 28.5. The molecule has 2 aromatic heterocycles. The van der Waals surface area contributed by atoms with Gasteiger partial charge in [-0.25, -0.2) is 9.97 Å². The van der Waals surface area contributed by atoms with Gasteiger partial charge in [0.15, 0.2) is 13.0 Å². The van der Waals surface area contributed by atoms with Crippen LogP contribution in [0.1, 0.15) is 0 Å². The summed E-state index contributed by atoms with van der Waals surface area (Å²) in [6, 6.07) is 62.8. The molecule has 0 amide bonds. The van der Waals surface area contributed by atoms with Gasteiger partial charge in [0, 0.05) is 48.9 Å². The van der Waals surface area contributed by atoms with Gasteiger partial charge in [-0.05, 0) is 70.4 Å². The molecule has 11 rings (SSSR count). The first-order valence-electron chi connectivity index (χ1n) is 17.9. The second kappa shape index (κ2) is 11.4. The lowest BCUT2D eigenvalue weighted by atomic mass is 10.0. The van der Waals surface area contributed by atoms with Crippen molar-refractivity contribution in [3.8, 4) is 39.5 Å². The Labute approximate surface area is 306 Å². The van der Waals surface area contributed by atoms with Gasteiger partial charge in [-0.2, -0.15) is 0 Å². The van der Waals surface area contributed by atoms with Gasteiger partial charge in [-0.3, -0.25) is 0 Å². The predicted molar refractivity (Wildman–Crippen MR) is 221 cm³/mol. The molecule has 1 aliphatic rings. The van der Waals surface area contributed by atoms with E-state index in [4.69, 9.17) is 9.97 Å². The molecule has 0 fully saturated rings. The molecule has 53 heavy (non-hydrogen) atoms. The molecule has 0 aliphatic carbocycles. The first-order valence-corrected chi connectivity index (χ1v) is 19.6. The molecule has 10 aromatic rings. The average molecular weight is 696 g/mol. The van der Waals surface area contributed by atoms with Crippen LogP contribution in [0, 0.1) is 0 Å². The van der Waals surface area contributed by atoms with Crippen LogP contribution in [-0.2, 0) is 4.57 Å². The average Bonchev–Trinajstić information content (AvgIpc) is 3.70. The van der Waals surface area contributed by atoms with Crippen LogP contribution in [0.2, 0.25) is 0 Å². The van der Waals surface area contributed by atoms with E-state index in [1.165, 1.54) is 10.8 Å². The van der Waals surface area contributed by atoms with Crippen molar-refractivity contribution in [2.45, 2.75) is 0 Å². The van der Waals surface area contributed by atoms with Gasteiger partial charge >= 0.3 is 0 Å². The van der Waals surface area contributed by atoms with Crippen molar-refractivity contribution in [1.29, 1.82) is 0 Å². The van der Waals surface area contributed by atoms with E-state index in [0.717, 1.165) is 82.3 Å². The van der Waals surface area contributed by atoms with Crippen molar-refractivity contribution in [1.82, 2.24) is 14.5 Å². The van der Waals surface area contributed by atoms with Gasteiger partial charge in [-0.1, -0.05) is 133 Å². The maximum atomic E-state index is 15.7. The molecule has 0 radical (unpaired) electrons. The minimum absolute atomic E-state index is 0.681. The molecule has 3 heterocycles. The normalized spacial score (nSPS) is 14.9. The monoisotopic (exact) mass is 695 g/mol. The highest BCUT2D eigenvalue weighted by molar-refractivity contribution is 7.86. The summed E-state index contributed by atoms with van der Waals surface area (Å²) in [7, 11) is -3.17. The van der Waals surface area contributed by atoms with Crippen molar-refractivity contribution >= 4 is 66.5 Å². The number of fused-ring (bicyclic) bond motifs is 9. The van der Waals surface area contributed by atoms with E-state index in [9.17, 15) is 0 Å². The van der Waals surface area contributed by atoms with Crippen LogP contribution in [0.4, 0.5) is 0 Å². The summed E-state index contributed by atoms with van der Waals surface area (Å²) in [5.74, 6) is 0.681. The third-order valence-corrected chi connectivity index (χ3v) is 14.0. The number of rotatable bonds is 4. The second-order valence-corrected chi connectivity index (χ2v) is 16.4. The van der Waals surface area contributed by atoms with Gasteiger partial charge in [-0.15, -0.1) is 0 Å². The standard InChI is InChI=1S/C48H30N3OP/c52-53(36-14-2-1-3-15-36)44-21-11-8-16-37(44)38-28-29-43-45(47(38)53)40-18-7-10-20-42(40)51(43)35-26-24-32(25-27-35)48-49-41-19-9-6-17-39(41)46(50-48)34-23-22-31-12-4-5-13-33(31)30-34/h1-30H. The Kier molecular flexibility index (Phi) is 6.49. The second-order valence-electron chi connectivity index (χ2n) is 13.7. The number of nitrogens with zero attached hydrogens (tertiary/aromatic N) is 3. The van der Waals surface area contributed by atoms with Crippen LogP contribution in [-0.4, -0.2) is 14.5 Å². The van der Waals surface area contributed by atoms with Crippen molar-refractivity contribution < 1.29 is 4.57 Å². The lowest BCUT2D eigenvalue weighted by Crippen LogP contribution is -2.21. The number of para-hydroxylation sites is 2. The van der Waals surface area contributed by atoms with Crippen LogP contribution in [0.25, 0.3) is 82.9 Å². The summed E-state index contributed by atoms with van der Waals surface area (Å²) in [5.41, 5.74) is 9.04. The van der Waals surface area contributed by atoms with E-state index >= 15 is 4.57 Å². The highest BCUT2D eigenvalue weighted by Gasteiger charge is 2.42. The van der Waals surface area contributed by atoms with Gasteiger partial charge < -0.3 is 9.13 Å². The minimum Gasteiger partial charge on any atom is -0.309 e. The van der Waals surface area contributed by atoms with E-state index < -0.39 is 7.14 Å². The topological polar surface area (TPSA) is 47.8 Å². The molecule has 1 aliphatic heterocycles. The lowest BCUT2D eigenvalue weighted by molar-refractivity contribution is 0.593. The predicted octanol–water partition coefficient (Wildman–Crippen LogP) is 10.8. The number of benzene rings is 8. The molecule has 5 heteroatoms.